The first-order valence-corrected chi connectivity index (χ1v) is 7.04. The molecule has 1 aliphatic heterocycles. The van der Waals surface area contributed by atoms with E-state index in [2.05, 4.69) is 10.8 Å². The highest BCUT2D eigenvalue weighted by Crippen LogP contribution is 2.31. The first kappa shape index (κ1) is 14.8. The first-order chi connectivity index (χ1) is 9.26. The van der Waals surface area contributed by atoms with Crippen molar-refractivity contribution in [3.05, 3.63) is 18.2 Å². The summed E-state index contributed by atoms with van der Waals surface area (Å²) in [5.41, 5.74) is 0.863. The topological polar surface area (TPSA) is 46.2 Å². The highest BCUT2D eigenvalue weighted by molar-refractivity contribution is 5.86. The summed E-state index contributed by atoms with van der Waals surface area (Å²) in [6.45, 7) is 8.82. The molecule has 1 aromatic rings. The SMILES string of the molecule is Cc1c[n+](CC(C)(C)[C@H](C=O)N2C(=O)CC2C)cn1C. The van der Waals surface area contributed by atoms with Crippen molar-refractivity contribution >= 4 is 12.2 Å². The van der Waals surface area contributed by atoms with Gasteiger partial charge in [0, 0.05) is 24.8 Å². The largest absolute Gasteiger partial charge is 0.329 e. The van der Waals surface area contributed by atoms with E-state index in [9.17, 15) is 9.59 Å². The third kappa shape index (κ3) is 2.49. The Morgan fingerprint density at radius 2 is 2.20 bits per heavy atom. The monoisotopic (exact) mass is 278 g/mol. The van der Waals surface area contributed by atoms with Gasteiger partial charge in [0.05, 0.1) is 19.6 Å². The molecule has 2 heterocycles. The molecule has 0 spiro atoms. The van der Waals surface area contributed by atoms with Crippen LogP contribution in [-0.4, -0.2) is 33.7 Å². The van der Waals surface area contributed by atoms with Gasteiger partial charge in [-0.3, -0.25) is 4.79 Å². The molecule has 1 aromatic heterocycles. The number of rotatable bonds is 5. The summed E-state index contributed by atoms with van der Waals surface area (Å²) in [5.74, 6) is 0.0805. The van der Waals surface area contributed by atoms with Crippen LogP contribution in [0.15, 0.2) is 12.5 Å². The van der Waals surface area contributed by atoms with E-state index in [4.69, 9.17) is 0 Å². The Morgan fingerprint density at radius 3 is 2.60 bits per heavy atom. The number of carbonyl (C=O) groups excluding carboxylic acids is 2. The molecule has 110 valence electrons. The van der Waals surface area contributed by atoms with Crippen LogP contribution in [0.1, 0.15) is 32.9 Å². The van der Waals surface area contributed by atoms with Gasteiger partial charge in [0.15, 0.2) is 0 Å². The average molecular weight is 278 g/mol. The molecule has 1 amide bonds. The van der Waals surface area contributed by atoms with E-state index in [1.165, 1.54) is 0 Å². The van der Waals surface area contributed by atoms with Gasteiger partial charge in [-0.1, -0.05) is 13.8 Å². The van der Waals surface area contributed by atoms with Gasteiger partial charge < -0.3 is 9.69 Å². The van der Waals surface area contributed by atoms with Gasteiger partial charge in [0.1, 0.15) is 18.2 Å². The second-order valence-electron chi connectivity index (χ2n) is 6.59. The van der Waals surface area contributed by atoms with Crippen LogP contribution in [0.2, 0.25) is 0 Å². The van der Waals surface area contributed by atoms with Crippen LogP contribution in [0.4, 0.5) is 0 Å². The number of nitrogens with zero attached hydrogens (tertiary/aromatic N) is 3. The lowest BCUT2D eigenvalue weighted by Gasteiger charge is -2.47. The van der Waals surface area contributed by atoms with Crippen LogP contribution in [-0.2, 0) is 23.2 Å². The number of aldehydes is 1. The van der Waals surface area contributed by atoms with Gasteiger partial charge in [-0.2, -0.15) is 0 Å². The van der Waals surface area contributed by atoms with Gasteiger partial charge in [-0.25, -0.2) is 9.13 Å². The second-order valence-corrected chi connectivity index (χ2v) is 6.59. The average Bonchev–Trinajstić information content (AvgIpc) is 2.63. The third-order valence-corrected chi connectivity index (χ3v) is 4.28. The number of carbonyl (C=O) groups is 2. The zero-order valence-electron chi connectivity index (χ0n) is 13.0. The van der Waals surface area contributed by atoms with Crippen molar-refractivity contribution in [3.63, 3.8) is 0 Å². The Bertz CT molecular complexity index is 514. The van der Waals surface area contributed by atoms with Crippen molar-refractivity contribution in [2.24, 2.45) is 12.5 Å². The smallest absolute Gasteiger partial charge is 0.243 e. The molecule has 0 N–H and O–H groups in total. The molecule has 2 rings (SSSR count). The Morgan fingerprint density at radius 1 is 1.55 bits per heavy atom. The normalized spacial score (nSPS) is 20.8. The highest BCUT2D eigenvalue weighted by atomic mass is 16.2. The number of hydrogen-bond donors (Lipinski definition) is 0. The standard InChI is InChI=1S/C15H24N3O2/c1-11-6-14(20)18(11)13(8-19)15(3,4)9-17-7-12(2)16(5)10-17/h7-8,10-11,13H,6,9H2,1-5H3/q+1/t11?,13-/m0/s1. The summed E-state index contributed by atoms with van der Waals surface area (Å²) in [5, 5.41) is 0. The molecule has 0 aliphatic carbocycles. The molecule has 2 atom stereocenters. The Labute approximate surface area is 120 Å². The fraction of sp³-hybridized carbons (Fsp3) is 0.667. The second kappa shape index (κ2) is 5.04. The van der Waals surface area contributed by atoms with Gasteiger partial charge in [-0.15, -0.1) is 0 Å². The molecular formula is C15H24N3O2+. The number of hydrogen-bond acceptors (Lipinski definition) is 2. The maximum Gasteiger partial charge on any atom is 0.243 e. The lowest BCUT2D eigenvalue weighted by atomic mass is 9.81. The van der Waals surface area contributed by atoms with Crippen LogP contribution in [0.3, 0.4) is 0 Å². The molecule has 5 heteroatoms. The summed E-state index contributed by atoms with van der Waals surface area (Å²) in [6, 6.07) is -0.203. The third-order valence-electron chi connectivity index (χ3n) is 4.28. The number of aryl methyl sites for hydroxylation is 2. The lowest BCUT2D eigenvalue weighted by molar-refractivity contribution is -0.709. The number of amides is 1. The summed E-state index contributed by atoms with van der Waals surface area (Å²) in [7, 11) is 2.00. The minimum atomic E-state index is -0.369. The molecule has 1 saturated heterocycles. The first-order valence-electron chi connectivity index (χ1n) is 7.04. The molecule has 0 bridgehead atoms. The molecule has 1 fully saturated rings. The molecule has 0 aromatic carbocycles. The minimum absolute atomic E-state index is 0.0805. The summed E-state index contributed by atoms with van der Waals surface area (Å²) >= 11 is 0. The Hall–Kier alpha value is -1.65. The molecular weight excluding hydrogens is 254 g/mol. The van der Waals surface area contributed by atoms with Crippen molar-refractivity contribution < 1.29 is 14.2 Å². The fourth-order valence-electron chi connectivity index (χ4n) is 2.97. The maximum absolute atomic E-state index is 11.8. The fourth-order valence-corrected chi connectivity index (χ4v) is 2.97. The predicted molar refractivity (Wildman–Crippen MR) is 74.9 cm³/mol. The van der Waals surface area contributed by atoms with Crippen molar-refractivity contribution in [1.82, 2.24) is 9.47 Å². The zero-order chi connectivity index (χ0) is 15.1. The zero-order valence-corrected chi connectivity index (χ0v) is 13.0. The number of likely N-dealkylation sites (tertiary alicyclic amines) is 1. The summed E-state index contributed by atoms with van der Waals surface area (Å²) in [6.07, 6.45) is 5.55. The number of β-lactam (4-membered cyclic amide) rings is 1. The van der Waals surface area contributed by atoms with E-state index >= 15 is 0 Å². The van der Waals surface area contributed by atoms with Crippen LogP contribution >= 0.6 is 0 Å². The van der Waals surface area contributed by atoms with Crippen LogP contribution in [0, 0.1) is 12.3 Å². The summed E-state index contributed by atoms with van der Waals surface area (Å²) in [4.78, 5) is 25.0. The molecule has 0 saturated carbocycles. The molecule has 1 aliphatic rings. The van der Waals surface area contributed by atoms with Crippen molar-refractivity contribution in [2.45, 2.75) is 52.7 Å². The lowest BCUT2D eigenvalue weighted by Crippen LogP contribution is -2.63. The predicted octanol–water partition coefficient (Wildman–Crippen LogP) is 0.836. The van der Waals surface area contributed by atoms with E-state index in [0.717, 1.165) is 12.0 Å². The van der Waals surface area contributed by atoms with Crippen LogP contribution < -0.4 is 4.57 Å². The van der Waals surface area contributed by atoms with Gasteiger partial charge >= 0.3 is 0 Å². The van der Waals surface area contributed by atoms with Gasteiger partial charge in [0.2, 0.25) is 12.2 Å². The molecule has 5 nitrogen and oxygen atoms in total. The molecule has 0 radical (unpaired) electrons. The molecule has 1 unspecified atom stereocenters. The Balaban J connectivity index is 2.18. The van der Waals surface area contributed by atoms with E-state index in [-0.39, 0.29) is 23.4 Å². The van der Waals surface area contributed by atoms with Gasteiger partial charge in [0.25, 0.3) is 0 Å². The quantitative estimate of drug-likeness (QED) is 0.455. The van der Waals surface area contributed by atoms with Crippen LogP contribution in [0.5, 0.6) is 0 Å². The minimum Gasteiger partial charge on any atom is -0.329 e. The summed E-state index contributed by atoms with van der Waals surface area (Å²) < 4.78 is 4.13. The van der Waals surface area contributed by atoms with Crippen molar-refractivity contribution in [1.29, 1.82) is 0 Å². The number of imidazole rings is 1. The number of aromatic nitrogens is 2. The van der Waals surface area contributed by atoms with Gasteiger partial charge in [-0.05, 0) is 6.92 Å². The van der Waals surface area contributed by atoms with E-state index in [1.54, 1.807) is 4.90 Å². The van der Waals surface area contributed by atoms with Crippen molar-refractivity contribution in [3.8, 4) is 0 Å². The van der Waals surface area contributed by atoms with Crippen molar-refractivity contribution in [2.75, 3.05) is 0 Å². The maximum atomic E-state index is 11.8. The molecule has 20 heavy (non-hydrogen) atoms. The van der Waals surface area contributed by atoms with E-state index in [1.807, 2.05) is 45.6 Å². The van der Waals surface area contributed by atoms with E-state index in [0.29, 0.717) is 13.0 Å². The Kier molecular flexibility index (Phi) is 3.71. The van der Waals surface area contributed by atoms with E-state index < -0.39 is 0 Å². The highest BCUT2D eigenvalue weighted by Gasteiger charge is 2.45. The van der Waals surface area contributed by atoms with Crippen LogP contribution in [0.25, 0.3) is 0 Å².